The van der Waals surface area contributed by atoms with Crippen LogP contribution in [0, 0.1) is 6.92 Å². The van der Waals surface area contributed by atoms with E-state index in [0.29, 0.717) is 6.61 Å². The Kier molecular flexibility index (Phi) is 6.65. The lowest BCUT2D eigenvalue weighted by molar-refractivity contribution is 0.0276. The lowest BCUT2D eigenvalue weighted by Crippen LogP contribution is -2.38. The van der Waals surface area contributed by atoms with E-state index in [0.717, 1.165) is 29.0 Å². The fraction of sp³-hybridized carbons (Fsp3) is 0.571. The minimum absolute atomic E-state index is 0.0250. The molecule has 2 unspecified atom stereocenters. The SMILES string of the molecule is CCCC(OCC)C(NN)c1ccc(C)c(Cl)c1. The molecule has 0 aromatic heterocycles. The van der Waals surface area contributed by atoms with Gasteiger partial charge in [0.15, 0.2) is 0 Å². The summed E-state index contributed by atoms with van der Waals surface area (Å²) in [7, 11) is 0. The van der Waals surface area contributed by atoms with E-state index in [1.54, 1.807) is 0 Å². The smallest absolute Gasteiger partial charge is 0.0782 e. The molecule has 2 atom stereocenters. The van der Waals surface area contributed by atoms with Crippen LogP contribution in [0.25, 0.3) is 0 Å². The molecule has 0 radical (unpaired) electrons. The summed E-state index contributed by atoms with van der Waals surface area (Å²) in [5.74, 6) is 5.68. The predicted molar refractivity (Wildman–Crippen MR) is 76.6 cm³/mol. The zero-order chi connectivity index (χ0) is 13.5. The molecule has 0 amide bonds. The number of nitrogens with two attached hydrogens (primary N) is 1. The first-order valence-electron chi connectivity index (χ1n) is 6.47. The van der Waals surface area contributed by atoms with Crippen molar-refractivity contribution in [1.29, 1.82) is 0 Å². The highest BCUT2D eigenvalue weighted by Crippen LogP contribution is 2.26. The zero-order valence-corrected chi connectivity index (χ0v) is 12.1. The van der Waals surface area contributed by atoms with Gasteiger partial charge in [0.2, 0.25) is 0 Å². The molecule has 0 fully saturated rings. The topological polar surface area (TPSA) is 47.3 Å². The second-order valence-corrected chi connectivity index (χ2v) is 4.84. The van der Waals surface area contributed by atoms with Crippen LogP contribution in [-0.4, -0.2) is 12.7 Å². The van der Waals surface area contributed by atoms with Crippen LogP contribution in [0.1, 0.15) is 43.9 Å². The molecule has 0 bridgehead atoms. The Bertz CT molecular complexity index is 365. The molecule has 0 aliphatic heterocycles. The Morgan fingerprint density at radius 2 is 2.11 bits per heavy atom. The molecule has 1 aromatic carbocycles. The van der Waals surface area contributed by atoms with Gasteiger partial charge in [-0.15, -0.1) is 0 Å². The predicted octanol–water partition coefficient (Wildman–Crippen LogP) is 3.36. The highest BCUT2D eigenvalue weighted by molar-refractivity contribution is 6.31. The Balaban J connectivity index is 2.94. The standard InChI is InChI=1S/C14H23ClN2O/c1-4-6-13(18-5-2)14(17-16)11-8-7-10(3)12(15)9-11/h7-9,13-14,17H,4-6,16H2,1-3H3. The number of rotatable bonds is 7. The first-order chi connectivity index (χ1) is 8.63. The third-order valence-electron chi connectivity index (χ3n) is 3.06. The van der Waals surface area contributed by atoms with E-state index in [9.17, 15) is 0 Å². The average molecular weight is 271 g/mol. The molecule has 18 heavy (non-hydrogen) atoms. The number of hydrogen-bond acceptors (Lipinski definition) is 3. The zero-order valence-electron chi connectivity index (χ0n) is 11.4. The van der Waals surface area contributed by atoms with E-state index in [4.69, 9.17) is 22.2 Å². The van der Waals surface area contributed by atoms with Gasteiger partial charge in [0, 0.05) is 11.6 Å². The fourth-order valence-corrected chi connectivity index (χ4v) is 2.25. The van der Waals surface area contributed by atoms with E-state index >= 15 is 0 Å². The van der Waals surface area contributed by atoms with Gasteiger partial charge in [-0.25, -0.2) is 0 Å². The van der Waals surface area contributed by atoms with Crippen molar-refractivity contribution in [3.63, 3.8) is 0 Å². The lowest BCUT2D eigenvalue weighted by Gasteiger charge is -2.27. The van der Waals surface area contributed by atoms with Crippen molar-refractivity contribution in [2.75, 3.05) is 6.61 Å². The fourth-order valence-electron chi connectivity index (χ4n) is 2.07. The highest BCUT2D eigenvalue weighted by atomic mass is 35.5. The number of benzene rings is 1. The van der Waals surface area contributed by atoms with Crippen molar-refractivity contribution in [2.24, 2.45) is 5.84 Å². The first-order valence-corrected chi connectivity index (χ1v) is 6.85. The van der Waals surface area contributed by atoms with Crippen molar-refractivity contribution >= 4 is 11.6 Å². The summed E-state index contributed by atoms with van der Waals surface area (Å²) in [6, 6.07) is 6.00. The van der Waals surface area contributed by atoms with Gasteiger partial charge in [0.25, 0.3) is 0 Å². The van der Waals surface area contributed by atoms with Gasteiger partial charge in [-0.2, -0.15) is 0 Å². The van der Waals surface area contributed by atoms with Crippen LogP contribution >= 0.6 is 11.6 Å². The molecule has 1 aromatic rings. The van der Waals surface area contributed by atoms with Crippen LogP contribution < -0.4 is 11.3 Å². The highest BCUT2D eigenvalue weighted by Gasteiger charge is 2.22. The summed E-state index contributed by atoms with van der Waals surface area (Å²) >= 11 is 6.16. The van der Waals surface area contributed by atoms with Crippen molar-refractivity contribution in [3.05, 3.63) is 34.3 Å². The van der Waals surface area contributed by atoms with Gasteiger partial charge < -0.3 is 4.74 Å². The third kappa shape index (κ3) is 3.95. The van der Waals surface area contributed by atoms with Gasteiger partial charge in [0.05, 0.1) is 12.1 Å². The largest absolute Gasteiger partial charge is 0.376 e. The first kappa shape index (κ1) is 15.4. The van der Waals surface area contributed by atoms with Crippen molar-refractivity contribution in [2.45, 2.75) is 45.8 Å². The Hall–Kier alpha value is -0.610. The summed E-state index contributed by atoms with van der Waals surface area (Å²) in [6.07, 6.45) is 2.10. The molecule has 0 saturated carbocycles. The molecule has 4 heteroatoms. The van der Waals surface area contributed by atoms with Gasteiger partial charge in [-0.1, -0.05) is 37.1 Å². The Labute approximate surface area is 115 Å². The number of hydrazine groups is 1. The van der Waals surface area contributed by atoms with Crippen LogP contribution in [-0.2, 0) is 4.74 Å². The number of aryl methyl sites for hydroxylation is 1. The number of nitrogens with one attached hydrogen (secondary N) is 1. The Morgan fingerprint density at radius 3 is 2.61 bits per heavy atom. The Morgan fingerprint density at radius 1 is 1.39 bits per heavy atom. The molecule has 102 valence electrons. The van der Waals surface area contributed by atoms with Crippen LogP contribution in [0.3, 0.4) is 0 Å². The van der Waals surface area contributed by atoms with E-state index < -0.39 is 0 Å². The maximum atomic E-state index is 6.16. The summed E-state index contributed by atoms with van der Waals surface area (Å²) in [5, 5.41) is 0.763. The molecular formula is C14H23ClN2O. The summed E-state index contributed by atoms with van der Waals surface area (Å²) in [6.45, 7) is 6.81. The third-order valence-corrected chi connectivity index (χ3v) is 3.47. The molecule has 1 rings (SSSR count). The maximum Gasteiger partial charge on any atom is 0.0782 e. The molecule has 3 nitrogen and oxygen atoms in total. The van der Waals surface area contributed by atoms with Gasteiger partial charge in [-0.3, -0.25) is 11.3 Å². The van der Waals surface area contributed by atoms with Crippen molar-refractivity contribution in [1.82, 2.24) is 5.43 Å². The molecule has 0 saturated heterocycles. The van der Waals surface area contributed by atoms with Crippen LogP contribution in [0.5, 0.6) is 0 Å². The van der Waals surface area contributed by atoms with Crippen LogP contribution in [0.2, 0.25) is 5.02 Å². The maximum absolute atomic E-state index is 6.16. The number of ether oxygens (including phenoxy) is 1. The van der Waals surface area contributed by atoms with Gasteiger partial charge in [0.1, 0.15) is 0 Å². The van der Waals surface area contributed by atoms with E-state index in [1.165, 1.54) is 0 Å². The number of hydrogen-bond donors (Lipinski definition) is 2. The van der Waals surface area contributed by atoms with E-state index in [2.05, 4.69) is 12.3 Å². The lowest BCUT2D eigenvalue weighted by atomic mass is 9.98. The average Bonchev–Trinajstić information content (AvgIpc) is 2.35. The summed E-state index contributed by atoms with van der Waals surface area (Å²) in [4.78, 5) is 0. The van der Waals surface area contributed by atoms with Gasteiger partial charge in [-0.05, 0) is 37.5 Å². The quantitative estimate of drug-likeness (QED) is 0.590. The van der Waals surface area contributed by atoms with Crippen LogP contribution in [0.4, 0.5) is 0 Å². The van der Waals surface area contributed by atoms with E-state index in [-0.39, 0.29) is 12.1 Å². The minimum Gasteiger partial charge on any atom is -0.376 e. The van der Waals surface area contributed by atoms with E-state index in [1.807, 2.05) is 32.0 Å². The molecule has 0 spiro atoms. The normalized spacial score (nSPS) is 14.5. The molecule has 0 aliphatic carbocycles. The second-order valence-electron chi connectivity index (χ2n) is 4.44. The molecular weight excluding hydrogens is 248 g/mol. The molecule has 3 N–H and O–H groups in total. The summed E-state index contributed by atoms with van der Waals surface area (Å²) < 4.78 is 5.77. The molecule has 0 heterocycles. The van der Waals surface area contributed by atoms with Gasteiger partial charge >= 0.3 is 0 Å². The second kappa shape index (κ2) is 7.74. The summed E-state index contributed by atoms with van der Waals surface area (Å²) in [5.41, 5.74) is 4.99. The molecule has 0 aliphatic rings. The number of halogens is 1. The van der Waals surface area contributed by atoms with Crippen LogP contribution in [0.15, 0.2) is 18.2 Å². The minimum atomic E-state index is -0.0250. The monoisotopic (exact) mass is 270 g/mol. The van der Waals surface area contributed by atoms with Crippen molar-refractivity contribution in [3.8, 4) is 0 Å². The van der Waals surface area contributed by atoms with Crippen molar-refractivity contribution < 1.29 is 4.74 Å².